The Hall–Kier alpha value is -1.05. The highest BCUT2D eigenvalue weighted by atomic mass is 35.5. The third-order valence-corrected chi connectivity index (χ3v) is 4.45. The lowest BCUT2D eigenvalue weighted by Crippen LogP contribution is -2.47. The van der Waals surface area contributed by atoms with E-state index in [-0.39, 0.29) is 24.2 Å². The molecule has 26 heavy (non-hydrogen) atoms. The molecule has 1 aromatic rings. The first-order valence-electron chi connectivity index (χ1n) is 8.27. The van der Waals surface area contributed by atoms with E-state index in [1.807, 2.05) is 0 Å². The second-order valence-corrected chi connectivity index (χ2v) is 6.72. The Kier molecular flexibility index (Phi) is 10.3. The van der Waals surface area contributed by atoms with Crippen LogP contribution in [0, 0.1) is 0 Å². The predicted octanol–water partition coefficient (Wildman–Crippen LogP) is 2.37. The molecule has 0 aromatic heterocycles. The number of carbonyl (C=O) groups is 2. The Morgan fingerprint density at radius 2 is 1.88 bits per heavy atom. The number of amides is 2. The van der Waals surface area contributed by atoms with Crippen LogP contribution in [0.25, 0.3) is 0 Å². The lowest BCUT2D eigenvalue weighted by atomic mass is 10.1. The monoisotopic (exact) mass is 423 g/mol. The molecule has 0 aliphatic carbocycles. The summed E-state index contributed by atoms with van der Waals surface area (Å²) in [4.78, 5) is 26.7. The van der Waals surface area contributed by atoms with E-state index in [1.54, 1.807) is 30.2 Å². The smallest absolute Gasteiger partial charge is 0.254 e. The summed E-state index contributed by atoms with van der Waals surface area (Å²) in [7, 11) is 1.64. The number of hydrogen-bond donors (Lipinski definition) is 2. The van der Waals surface area contributed by atoms with Gasteiger partial charge in [0.25, 0.3) is 5.91 Å². The van der Waals surface area contributed by atoms with Crippen molar-refractivity contribution in [2.75, 3.05) is 39.9 Å². The van der Waals surface area contributed by atoms with Gasteiger partial charge in [-0.15, -0.1) is 12.4 Å². The van der Waals surface area contributed by atoms with Gasteiger partial charge >= 0.3 is 0 Å². The molecule has 1 saturated heterocycles. The molecular formula is C17H24Cl3N3O3. The number of halogens is 3. The van der Waals surface area contributed by atoms with Crippen LogP contribution in [0.4, 0.5) is 0 Å². The summed E-state index contributed by atoms with van der Waals surface area (Å²) in [5.41, 5.74) is 0.401. The van der Waals surface area contributed by atoms with Gasteiger partial charge in [0.2, 0.25) is 5.91 Å². The number of rotatable bonds is 8. The number of nitrogens with one attached hydrogen (secondary N) is 2. The van der Waals surface area contributed by atoms with E-state index >= 15 is 0 Å². The first-order chi connectivity index (χ1) is 12.0. The first-order valence-corrected chi connectivity index (χ1v) is 9.03. The van der Waals surface area contributed by atoms with Crippen molar-refractivity contribution in [2.45, 2.75) is 18.9 Å². The lowest BCUT2D eigenvalue weighted by Gasteiger charge is -2.24. The Morgan fingerprint density at radius 3 is 2.54 bits per heavy atom. The number of benzene rings is 1. The zero-order chi connectivity index (χ0) is 18.2. The summed E-state index contributed by atoms with van der Waals surface area (Å²) in [6, 6.07) is 4.26. The number of hydrogen-bond acceptors (Lipinski definition) is 4. The third kappa shape index (κ3) is 6.59. The fourth-order valence-electron chi connectivity index (χ4n) is 2.82. The van der Waals surface area contributed by atoms with Crippen molar-refractivity contribution in [3.05, 3.63) is 33.8 Å². The quantitative estimate of drug-likeness (QED) is 0.629. The van der Waals surface area contributed by atoms with Crippen molar-refractivity contribution >= 4 is 47.4 Å². The minimum absolute atomic E-state index is 0. The van der Waals surface area contributed by atoms with Crippen LogP contribution in [0.2, 0.25) is 10.0 Å². The van der Waals surface area contributed by atoms with Crippen LogP contribution in [0.3, 0.4) is 0 Å². The molecule has 9 heteroatoms. The van der Waals surface area contributed by atoms with Crippen LogP contribution in [0.1, 0.15) is 23.2 Å². The summed E-state index contributed by atoms with van der Waals surface area (Å²) in [6.07, 6.45) is 1.45. The summed E-state index contributed by atoms with van der Waals surface area (Å²) in [5, 5.41) is 6.83. The van der Waals surface area contributed by atoms with Gasteiger partial charge in [0.15, 0.2) is 0 Å². The van der Waals surface area contributed by atoms with E-state index < -0.39 is 6.04 Å². The van der Waals surface area contributed by atoms with Gasteiger partial charge in [-0.3, -0.25) is 9.59 Å². The summed E-state index contributed by atoms with van der Waals surface area (Å²) in [5.74, 6) is -0.354. The Morgan fingerprint density at radius 1 is 1.19 bits per heavy atom. The van der Waals surface area contributed by atoms with E-state index in [4.69, 9.17) is 27.9 Å². The van der Waals surface area contributed by atoms with Crippen molar-refractivity contribution in [3.8, 4) is 0 Å². The standard InChI is InChI=1S/C17H23Cl2N3O3.ClH/c1-25-8-6-20-4-5-21-16(23)15-3-2-7-22(15)17(24)12-9-13(18)11-14(19)10-12;/h9-11,15,20H,2-8H2,1H3,(H,21,23);1H. The van der Waals surface area contributed by atoms with Crippen molar-refractivity contribution in [1.82, 2.24) is 15.5 Å². The molecule has 2 amide bonds. The molecule has 2 N–H and O–H groups in total. The molecule has 1 aliphatic heterocycles. The van der Waals surface area contributed by atoms with E-state index in [1.165, 1.54) is 0 Å². The van der Waals surface area contributed by atoms with Gasteiger partial charge in [-0.2, -0.15) is 0 Å². The summed E-state index contributed by atoms with van der Waals surface area (Å²) < 4.78 is 4.94. The second-order valence-electron chi connectivity index (χ2n) is 5.85. The first kappa shape index (κ1) is 23.0. The highest BCUT2D eigenvalue weighted by Gasteiger charge is 2.34. The number of ether oxygens (including phenoxy) is 1. The molecule has 0 saturated carbocycles. The van der Waals surface area contributed by atoms with Crippen LogP contribution in [-0.2, 0) is 9.53 Å². The second kappa shape index (κ2) is 11.6. The average Bonchev–Trinajstić information content (AvgIpc) is 3.06. The molecule has 1 unspecified atom stereocenters. The van der Waals surface area contributed by atoms with Crippen LogP contribution in [0.5, 0.6) is 0 Å². The summed E-state index contributed by atoms with van der Waals surface area (Å²) >= 11 is 11.9. The molecular weight excluding hydrogens is 401 g/mol. The molecule has 0 radical (unpaired) electrons. The highest BCUT2D eigenvalue weighted by molar-refractivity contribution is 6.35. The molecule has 0 bridgehead atoms. The molecule has 2 rings (SSSR count). The maximum atomic E-state index is 12.7. The minimum Gasteiger partial charge on any atom is -0.383 e. The Bertz CT molecular complexity index is 596. The van der Waals surface area contributed by atoms with Crippen LogP contribution < -0.4 is 10.6 Å². The average molecular weight is 425 g/mol. The lowest BCUT2D eigenvalue weighted by molar-refractivity contribution is -0.124. The molecule has 1 atom stereocenters. The molecule has 0 spiro atoms. The SMILES string of the molecule is COCCNCCNC(=O)C1CCCN1C(=O)c1cc(Cl)cc(Cl)c1.Cl. The Labute approximate surface area is 169 Å². The number of likely N-dealkylation sites (tertiary alicyclic amines) is 1. The maximum Gasteiger partial charge on any atom is 0.254 e. The third-order valence-electron chi connectivity index (χ3n) is 4.01. The van der Waals surface area contributed by atoms with Crippen molar-refractivity contribution < 1.29 is 14.3 Å². The minimum atomic E-state index is -0.454. The Balaban J connectivity index is 0.00000338. The zero-order valence-corrected chi connectivity index (χ0v) is 16.9. The number of carbonyl (C=O) groups excluding carboxylic acids is 2. The predicted molar refractivity (Wildman–Crippen MR) is 106 cm³/mol. The van der Waals surface area contributed by atoms with Crippen LogP contribution in [0.15, 0.2) is 18.2 Å². The van der Waals surface area contributed by atoms with E-state index in [2.05, 4.69) is 10.6 Å². The van der Waals surface area contributed by atoms with Crippen LogP contribution >= 0.6 is 35.6 Å². The summed E-state index contributed by atoms with van der Waals surface area (Å²) in [6.45, 7) is 3.06. The normalized spacial score (nSPS) is 16.3. The van der Waals surface area contributed by atoms with Crippen LogP contribution in [-0.4, -0.2) is 62.7 Å². The van der Waals surface area contributed by atoms with Gasteiger partial charge in [0.1, 0.15) is 6.04 Å². The van der Waals surface area contributed by atoms with Gasteiger partial charge < -0.3 is 20.3 Å². The van der Waals surface area contributed by atoms with Crippen molar-refractivity contribution in [3.63, 3.8) is 0 Å². The molecule has 1 heterocycles. The van der Waals surface area contributed by atoms with Gasteiger partial charge in [-0.1, -0.05) is 23.2 Å². The van der Waals surface area contributed by atoms with Gasteiger partial charge in [-0.25, -0.2) is 0 Å². The number of nitrogens with zero attached hydrogens (tertiary/aromatic N) is 1. The molecule has 1 fully saturated rings. The number of methoxy groups -OCH3 is 1. The van der Waals surface area contributed by atoms with E-state index in [9.17, 15) is 9.59 Å². The van der Waals surface area contributed by atoms with E-state index in [0.717, 1.165) is 13.0 Å². The van der Waals surface area contributed by atoms with Gasteiger partial charge in [-0.05, 0) is 31.0 Å². The zero-order valence-electron chi connectivity index (χ0n) is 14.6. The van der Waals surface area contributed by atoms with Gasteiger partial charge in [0.05, 0.1) is 6.61 Å². The van der Waals surface area contributed by atoms with Crippen molar-refractivity contribution in [1.29, 1.82) is 0 Å². The largest absolute Gasteiger partial charge is 0.383 e. The molecule has 6 nitrogen and oxygen atoms in total. The topological polar surface area (TPSA) is 70.7 Å². The fraction of sp³-hybridized carbons (Fsp3) is 0.529. The fourth-order valence-corrected chi connectivity index (χ4v) is 3.34. The van der Waals surface area contributed by atoms with Gasteiger partial charge in [0, 0.05) is 48.9 Å². The van der Waals surface area contributed by atoms with Crippen molar-refractivity contribution in [2.24, 2.45) is 0 Å². The van der Waals surface area contributed by atoms with E-state index in [0.29, 0.717) is 48.3 Å². The molecule has 1 aliphatic rings. The maximum absolute atomic E-state index is 12.7. The highest BCUT2D eigenvalue weighted by Crippen LogP contribution is 2.24. The molecule has 146 valence electrons. The molecule has 1 aromatic carbocycles.